The number of carbonyl (C=O) groups is 1. The summed E-state index contributed by atoms with van der Waals surface area (Å²) in [4.78, 5) is 14.6. The zero-order chi connectivity index (χ0) is 10.0. The summed E-state index contributed by atoms with van der Waals surface area (Å²) in [6, 6.07) is -0.832. The molecule has 1 aromatic rings. The number of rotatable bonds is 3. The van der Waals surface area contributed by atoms with Crippen LogP contribution < -0.4 is 9.44 Å². The van der Waals surface area contributed by atoms with Gasteiger partial charge < -0.3 is 0 Å². The van der Waals surface area contributed by atoms with E-state index in [4.69, 9.17) is 10.8 Å². The van der Waals surface area contributed by atoms with Gasteiger partial charge in [0, 0.05) is 0 Å². The Labute approximate surface area is 89.0 Å². The van der Waals surface area contributed by atoms with Crippen molar-refractivity contribution < 1.29 is 9.90 Å². The SMILES string of the molecule is Cn1cn[c]([SnH])c1C[C@H](N)C(=O)O. The number of hydrogen-bond acceptors (Lipinski definition) is 3. The summed E-state index contributed by atoms with van der Waals surface area (Å²) in [5.41, 5.74) is 6.35. The van der Waals surface area contributed by atoms with E-state index in [2.05, 4.69) is 4.98 Å². The molecule has 0 bridgehead atoms. The first-order chi connectivity index (χ1) is 6.02. The molecule has 1 rings (SSSR count). The van der Waals surface area contributed by atoms with Crippen molar-refractivity contribution >= 4 is 32.2 Å². The van der Waals surface area contributed by atoms with E-state index in [-0.39, 0.29) is 0 Å². The normalized spacial score (nSPS) is 12.8. The van der Waals surface area contributed by atoms with Crippen molar-refractivity contribution in [3.63, 3.8) is 0 Å². The van der Waals surface area contributed by atoms with Crippen LogP contribution in [0.1, 0.15) is 5.69 Å². The van der Waals surface area contributed by atoms with Crippen LogP contribution in [0.25, 0.3) is 0 Å². The number of nitrogens with zero attached hydrogens (tertiary/aromatic N) is 2. The van der Waals surface area contributed by atoms with E-state index in [9.17, 15) is 4.79 Å². The molecular formula is C7H11N3O2Sn. The average Bonchev–Trinajstić information content (AvgIpc) is 2.35. The van der Waals surface area contributed by atoms with E-state index in [0.717, 1.165) is 31.9 Å². The molecule has 0 saturated carbocycles. The van der Waals surface area contributed by atoms with Crippen LogP contribution >= 0.6 is 0 Å². The fraction of sp³-hybridized carbons (Fsp3) is 0.429. The van der Waals surface area contributed by atoms with Gasteiger partial charge in [0.2, 0.25) is 0 Å². The molecule has 0 amide bonds. The van der Waals surface area contributed by atoms with Gasteiger partial charge in [0.05, 0.1) is 0 Å². The summed E-state index contributed by atoms with van der Waals surface area (Å²) >= 11 is 0.882. The van der Waals surface area contributed by atoms with Gasteiger partial charge in [-0.05, 0) is 0 Å². The maximum absolute atomic E-state index is 10.5. The van der Waals surface area contributed by atoms with Gasteiger partial charge in [-0.15, -0.1) is 0 Å². The molecule has 13 heavy (non-hydrogen) atoms. The Kier molecular flexibility index (Phi) is 3.32. The van der Waals surface area contributed by atoms with Crippen molar-refractivity contribution in [2.24, 2.45) is 12.8 Å². The van der Waals surface area contributed by atoms with Gasteiger partial charge in [-0.3, -0.25) is 0 Å². The molecule has 0 unspecified atom stereocenters. The maximum atomic E-state index is 10.5. The number of aryl methyl sites for hydroxylation is 1. The van der Waals surface area contributed by atoms with Crippen molar-refractivity contribution in [1.82, 2.24) is 9.55 Å². The zero-order valence-electron chi connectivity index (χ0n) is 7.27. The minimum atomic E-state index is -0.971. The first-order valence-electron chi connectivity index (χ1n) is 3.76. The second-order valence-electron chi connectivity index (χ2n) is 2.84. The molecule has 0 fully saturated rings. The van der Waals surface area contributed by atoms with Crippen LogP contribution in [0.3, 0.4) is 0 Å². The van der Waals surface area contributed by atoms with Crippen molar-refractivity contribution in [2.75, 3.05) is 0 Å². The van der Waals surface area contributed by atoms with E-state index in [0.29, 0.717) is 6.42 Å². The second-order valence-corrected chi connectivity index (χ2v) is 4.40. The molecule has 0 aliphatic heterocycles. The van der Waals surface area contributed by atoms with Crippen LogP contribution in [-0.2, 0) is 18.3 Å². The quantitative estimate of drug-likeness (QED) is 0.624. The van der Waals surface area contributed by atoms with Gasteiger partial charge in [-0.1, -0.05) is 0 Å². The Morgan fingerprint density at radius 3 is 2.92 bits per heavy atom. The molecule has 1 heterocycles. The van der Waals surface area contributed by atoms with Crippen LogP contribution in [0, 0.1) is 0 Å². The molecular weight excluding hydrogens is 277 g/mol. The van der Waals surface area contributed by atoms with Crippen molar-refractivity contribution in [1.29, 1.82) is 0 Å². The number of aromatic nitrogens is 2. The van der Waals surface area contributed by atoms with Crippen molar-refractivity contribution in [2.45, 2.75) is 12.5 Å². The standard InChI is InChI=1S/C7H10N3O2.Sn.H/c1-10-4-9-3-5(10)2-6(8)7(11)12;;/h4,6H,2,8H2,1H3,(H,11,12);;/t6-;;/m0../s1. The molecule has 0 spiro atoms. The van der Waals surface area contributed by atoms with Gasteiger partial charge in [0.15, 0.2) is 0 Å². The zero-order valence-corrected chi connectivity index (χ0v) is 10.6. The molecule has 0 aliphatic rings. The van der Waals surface area contributed by atoms with Gasteiger partial charge in [-0.25, -0.2) is 0 Å². The summed E-state index contributed by atoms with van der Waals surface area (Å²) in [7, 11) is 1.84. The van der Waals surface area contributed by atoms with Gasteiger partial charge in [0.1, 0.15) is 0 Å². The van der Waals surface area contributed by atoms with Crippen molar-refractivity contribution in [3.05, 3.63) is 12.0 Å². The van der Waals surface area contributed by atoms with Crippen LogP contribution in [0.15, 0.2) is 6.33 Å². The Morgan fingerprint density at radius 1 is 1.92 bits per heavy atom. The molecule has 0 saturated heterocycles. The summed E-state index contributed by atoms with van der Waals surface area (Å²) in [5.74, 6) is -0.971. The molecule has 2 radical (unpaired) electrons. The second kappa shape index (κ2) is 4.10. The fourth-order valence-corrected chi connectivity index (χ4v) is 2.13. The molecule has 0 aliphatic carbocycles. The predicted molar refractivity (Wildman–Crippen MR) is 49.3 cm³/mol. The molecule has 1 atom stereocenters. The van der Waals surface area contributed by atoms with E-state index in [1.54, 1.807) is 6.33 Å². The van der Waals surface area contributed by atoms with Gasteiger partial charge in [-0.2, -0.15) is 0 Å². The summed E-state index contributed by atoms with van der Waals surface area (Å²) in [5, 5.41) is 8.62. The van der Waals surface area contributed by atoms with Crippen LogP contribution in [0.5, 0.6) is 0 Å². The minimum absolute atomic E-state index is 0.350. The Morgan fingerprint density at radius 2 is 2.54 bits per heavy atom. The third-order valence-electron chi connectivity index (χ3n) is 1.82. The molecule has 6 heteroatoms. The third kappa shape index (κ3) is 2.44. The number of hydrogen-bond donors (Lipinski definition) is 2. The fourth-order valence-electron chi connectivity index (χ4n) is 1.02. The molecule has 0 aromatic carbocycles. The van der Waals surface area contributed by atoms with Crippen molar-refractivity contribution in [3.8, 4) is 0 Å². The third-order valence-corrected chi connectivity index (χ3v) is 3.20. The van der Waals surface area contributed by atoms with Crippen LogP contribution in [-0.4, -0.2) is 49.2 Å². The van der Waals surface area contributed by atoms with E-state index in [1.807, 2.05) is 11.6 Å². The first kappa shape index (κ1) is 10.5. The predicted octanol–water partition coefficient (Wildman–Crippen LogP) is -2.10. The monoisotopic (exact) mass is 289 g/mol. The molecule has 3 N–H and O–H groups in total. The molecule has 1 aromatic heterocycles. The number of carboxylic acids is 1. The topological polar surface area (TPSA) is 81.1 Å². The van der Waals surface area contributed by atoms with Gasteiger partial charge in [0.25, 0.3) is 0 Å². The van der Waals surface area contributed by atoms with E-state index >= 15 is 0 Å². The average molecular weight is 288 g/mol. The number of carboxylic acid groups (broad SMARTS) is 1. The Bertz CT molecular complexity index is 304. The number of imidazole rings is 1. The number of nitrogens with two attached hydrogens (primary N) is 1. The number of aliphatic carboxylic acids is 1. The van der Waals surface area contributed by atoms with Crippen LogP contribution in [0.2, 0.25) is 0 Å². The Balaban J connectivity index is 2.79. The van der Waals surface area contributed by atoms with Gasteiger partial charge >= 0.3 is 88.9 Å². The Hall–Kier alpha value is -0.561. The first-order valence-corrected chi connectivity index (χ1v) is 5.41. The molecule has 5 nitrogen and oxygen atoms in total. The summed E-state index contributed by atoms with van der Waals surface area (Å²) < 4.78 is 2.78. The summed E-state index contributed by atoms with van der Waals surface area (Å²) in [6.45, 7) is 0. The van der Waals surface area contributed by atoms with E-state index in [1.165, 1.54) is 0 Å². The molecule has 70 valence electrons. The summed E-state index contributed by atoms with van der Waals surface area (Å²) in [6.07, 6.45) is 2.03. The van der Waals surface area contributed by atoms with Crippen LogP contribution in [0.4, 0.5) is 0 Å². The van der Waals surface area contributed by atoms with E-state index < -0.39 is 12.0 Å².